The standard InChI is InChI=1S/C9H9BrN2O/c10-7-5-6(1-2-8(7)13)9-11-3-4-12-9/h1-2,5,13H,3-4H2,(H,11,12). The van der Waals surface area contributed by atoms with Crippen molar-refractivity contribution in [3.8, 4) is 5.75 Å². The van der Waals surface area contributed by atoms with Crippen molar-refractivity contribution in [1.29, 1.82) is 0 Å². The van der Waals surface area contributed by atoms with Gasteiger partial charge in [0.2, 0.25) is 0 Å². The molecular weight excluding hydrogens is 232 g/mol. The molecule has 2 rings (SSSR count). The van der Waals surface area contributed by atoms with Gasteiger partial charge in [-0.2, -0.15) is 0 Å². The summed E-state index contributed by atoms with van der Waals surface area (Å²) >= 11 is 3.26. The van der Waals surface area contributed by atoms with Gasteiger partial charge in [0.05, 0.1) is 11.0 Å². The van der Waals surface area contributed by atoms with Gasteiger partial charge in [0.15, 0.2) is 0 Å². The molecule has 1 aliphatic rings. The lowest BCUT2D eigenvalue weighted by Gasteiger charge is -2.03. The molecule has 2 N–H and O–H groups in total. The van der Waals surface area contributed by atoms with Crippen molar-refractivity contribution in [2.24, 2.45) is 4.99 Å². The summed E-state index contributed by atoms with van der Waals surface area (Å²) in [6.45, 7) is 1.72. The third-order valence-electron chi connectivity index (χ3n) is 1.90. The first-order valence-corrected chi connectivity index (χ1v) is 4.84. The normalized spacial score (nSPS) is 15.3. The minimum Gasteiger partial charge on any atom is -0.507 e. The van der Waals surface area contributed by atoms with Gasteiger partial charge in [-0.25, -0.2) is 0 Å². The lowest BCUT2D eigenvalue weighted by molar-refractivity contribution is 0.472. The van der Waals surface area contributed by atoms with E-state index in [4.69, 9.17) is 0 Å². The monoisotopic (exact) mass is 240 g/mol. The highest BCUT2D eigenvalue weighted by Crippen LogP contribution is 2.24. The van der Waals surface area contributed by atoms with Crippen molar-refractivity contribution >= 4 is 21.8 Å². The topological polar surface area (TPSA) is 44.6 Å². The molecule has 0 atom stereocenters. The van der Waals surface area contributed by atoms with Crippen molar-refractivity contribution in [2.45, 2.75) is 0 Å². The van der Waals surface area contributed by atoms with E-state index in [0.717, 1.165) is 24.5 Å². The molecule has 3 nitrogen and oxygen atoms in total. The first kappa shape index (κ1) is 8.56. The number of nitrogens with one attached hydrogen (secondary N) is 1. The van der Waals surface area contributed by atoms with Crippen molar-refractivity contribution < 1.29 is 5.11 Å². The van der Waals surface area contributed by atoms with Crippen LogP contribution < -0.4 is 5.32 Å². The summed E-state index contributed by atoms with van der Waals surface area (Å²) in [4.78, 5) is 4.28. The highest BCUT2D eigenvalue weighted by Gasteiger charge is 2.08. The van der Waals surface area contributed by atoms with Crippen molar-refractivity contribution in [3.63, 3.8) is 0 Å². The smallest absolute Gasteiger partial charge is 0.129 e. The van der Waals surface area contributed by atoms with Gasteiger partial charge >= 0.3 is 0 Å². The Balaban J connectivity index is 2.36. The molecule has 4 heteroatoms. The molecule has 1 heterocycles. The maximum absolute atomic E-state index is 9.28. The van der Waals surface area contributed by atoms with E-state index in [-0.39, 0.29) is 5.75 Å². The second kappa shape index (κ2) is 3.38. The summed E-state index contributed by atoms with van der Waals surface area (Å²) in [5, 5.41) is 12.4. The molecule has 0 fully saturated rings. The molecule has 1 aromatic carbocycles. The number of hydrogen-bond donors (Lipinski definition) is 2. The first-order chi connectivity index (χ1) is 6.27. The average molecular weight is 241 g/mol. The summed E-state index contributed by atoms with van der Waals surface area (Å²) in [7, 11) is 0. The number of nitrogens with zero attached hydrogens (tertiary/aromatic N) is 1. The molecule has 0 saturated heterocycles. The van der Waals surface area contributed by atoms with Gasteiger partial charge in [-0.3, -0.25) is 4.99 Å². The summed E-state index contributed by atoms with van der Waals surface area (Å²) in [5.41, 5.74) is 1.00. The van der Waals surface area contributed by atoms with Gasteiger partial charge in [-0.05, 0) is 34.1 Å². The number of rotatable bonds is 1. The van der Waals surface area contributed by atoms with Crippen LogP contribution in [0.3, 0.4) is 0 Å². The minimum absolute atomic E-state index is 0.252. The Morgan fingerprint density at radius 2 is 2.31 bits per heavy atom. The number of amidine groups is 1. The number of phenols is 1. The largest absolute Gasteiger partial charge is 0.507 e. The predicted octanol–water partition coefficient (Wildman–Crippen LogP) is 1.50. The van der Waals surface area contributed by atoms with Crippen LogP contribution in [0.4, 0.5) is 0 Å². The Labute approximate surface area is 84.6 Å². The summed E-state index contributed by atoms with van der Waals surface area (Å²) in [6.07, 6.45) is 0. The maximum atomic E-state index is 9.28. The fourth-order valence-corrected chi connectivity index (χ4v) is 1.62. The van der Waals surface area contributed by atoms with Crippen molar-refractivity contribution in [3.05, 3.63) is 28.2 Å². The van der Waals surface area contributed by atoms with E-state index in [1.165, 1.54) is 0 Å². The van der Waals surface area contributed by atoms with E-state index >= 15 is 0 Å². The van der Waals surface area contributed by atoms with Crippen LogP contribution in [-0.2, 0) is 0 Å². The van der Waals surface area contributed by atoms with E-state index in [1.54, 1.807) is 6.07 Å². The molecule has 0 amide bonds. The van der Waals surface area contributed by atoms with Gasteiger partial charge in [0.25, 0.3) is 0 Å². The van der Waals surface area contributed by atoms with Crippen LogP contribution in [0.2, 0.25) is 0 Å². The molecular formula is C9H9BrN2O. The Kier molecular flexibility index (Phi) is 2.22. The number of aromatic hydroxyl groups is 1. The third kappa shape index (κ3) is 1.67. The molecule has 0 saturated carbocycles. The van der Waals surface area contributed by atoms with Crippen LogP contribution in [0.15, 0.2) is 27.7 Å². The zero-order valence-corrected chi connectivity index (χ0v) is 8.50. The SMILES string of the molecule is Oc1ccc(C2=NCCN2)cc1Br. The third-order valence-corrected chi connectivity index (χ3v) is 2.53. The zero-order valence-electron chi connectivity index (χ0n) is 6.92. The van der Waals surface area contributed by atoms with Crippen molar-refractivity contribution in [1.82, 2.24) is 5.32 Å². The van der Waals surface area contributed by atoms with Gasteiger partial charge in [0, 0.05) is 12.1 Å². The first-order valence-electron chi connectivity index (χ1n) is 4.04. The number of aliphatic imine (C=N–C) groups is 1. The molecule has 0 bridgehead atoms. The molecule has 0 unspecified atom stereocenters. The van der Waals surface area contributed by atoms with Crippen LogP contribution in [0.25, 0.3) is 0 Å². The van der Waals surface area contributed by atoms with Crippen LogP contribution in [-0.4, -0.2) is 24.0 Å². The fraction of sp³-hybridized carbons (Fsp3) is 0.222. The Morgan fingerprint density at radius 1 is 1.46 bits per heavy atom. The Hall–Kier alpha value is -1.03. The summed E-state index contributed by atoms with van der Waals surface area (Å²) in [6, 6.07) is 5.35. The number of benzene rings is 1. The Morgan fingerprint density at radius 3 is 2.92 bits per heavy atom. The second-order valence-corrected chi connectivity index (χ2v) is 3.68. The molecule has 1 aromatic rings. The van der Waals surface area contributed by atoms with E-state index < -0.39 is 0 Å². The lowest BCUT2D eigenvalue weighted by Crippen LogP contribution is -2.19. The van der Waals surface area contributed by atoms with E-state index in [2.05, 4.69) is 26.2 Å². The summed E-state index contributed by atoms with van der Waals surface area (Å²) in [5.74, 6) is 1.16. The highest BCUT2D eigenvalue weighted by atomic mass is 79.9. The molecule has 0 radical (unpaired) electrons. The summed E-state index contributed by atoms with van der Waals surface area (Å²) < 4.78 is 0.696. The molecule has 1 aliphatic heterocycles. The Bertz CT molecular complexity index is 363. The van der Waals surface area contributed by atoms with Crippen LogP contribution in [0.1, 0.15) is 5.56 Å². The number of halogens is 1. The van der Waals surface area contributed by atoms with Gasteiger partial charge in [0.1, 0.15) is 11.6 Å². The van der Waals surface area contributed by atoms with Gasteiger partial charge < -0.3 is 10.4 Å². The fourth-order valence-electron chi connectivity index (χ4n) is 1.25. The molecule has 0 spiro atoms. The molecule has 0 aliphatic carbocycles. The zero-order chi connectivity index (χ0) is 9.26. The predicted molar refractivity (Wildman–Crippen MR) is 55.2 cm³/mol. The minimum atomic E-state index is 0.252. The van der Waals surface area contributed by atoms with Crippen LogP contribution in [0.5, 0.6) is 5.75 Å². The molecule has 13 heavy (non-hydrogen) atoms. The van der Waals surface area contributed by atoms with Crippen molar-refractivity contribution in [2.75, 3.05) is 13.1 Å². The quantitative estimate of drug-likeness (QED) is 0.782. The highest BCUT2D eigenvalue weighted by molar-refractivity contribution is 9.10. The lowest BCUT2D eigenvalue weighted by atomic mass is 10.2. The molecule has 0 aromatic heterocycles. The average Bonchev–Trinajstić information content (AvgIpc) is 2.62. The maximum Gasteiger partial charge on any atom is 0.129 e. The van der Waals surface area contributed by atoms with Crippen LogP contribution in [0, 0.1) is 0 Å². The van der Waals surface area contributed by atoms with Crippen LogP contribution >= 0.6 is 15.9 Å². The van der Waals surface area contributed by atoms with E-state index in [0.29, 0.717) is 4.47 Å². The number of hydrogen-bond acceptors (Lipinski definition) is 3. The second-order valence-electron chi connectivity index (χ2n) is 2.82. The van der Waals surface area contributed by atoms with E-state index in [9.17, 15) is 5.11 Å². The molecule has 68 valence electrons. The van der Waals surface area contributed by atoms with Gasteiger partial charge in [-0.1, -0.05) is 0 Å². The number of phenolic OH excluding ortho intramolecular Hbond substituents is 1. The van der Waals surface area contributed by atoms with Gasteiger partial charge in [-0.15, -0.1) is 0 Å². The van der Waals surface area contributed by atoms with E-state index in [1.807, 2.05) is 12.1 Å².